The Kier molecular flexibility index (Phi) is 1.92. The molecule has 1 saturated heterocycles. The van der Waals surface area contributed by atoms with E-state index in [1.165, 1.54) is 18.5 Å². The Morgan fingerprint density at radius 1 is 1.33 bits per heavy atom. The van der Waals surface area contributed by atoms with Crippen LogP contribution in [-0.4, -0.2) is 29.7 Å². The van der Waals surface area contributed by atoms with Crippen LogP contribution in [0.4, 0.5) is 0 Å². The maximum atomic E-state index is 11.4. The van der Waals surface area contributed by atoms with Gasteiger partial charge in [-0.3, -0.25) is 4.68 Å². The molecule has 82 valence electrons. The molecule has 5 heteroatoms. The molecule has 1 aromatic rings. The summed E-state index contributed by atoms with van der Waals surface area (Å²) in [6, 6.07) is 2.11. The molecule has 1 saturated carbocycles. The molecule has 2 fully saturated rings. The molecule has 1 aliphatic carbocycles. The average Bonchev–Trinajstić information content (AvgIpc) is 2.79. The fourth-order valence-electron chi connectivity index (χ4n) is 2.30. The van der Waals surface area contributed by atoms with Crippen molar-refractivity contribution in [1.82, 2.24) is 9.78 Å². The van der Waals surface area contributed by atoms with E-state index in [0.29, 0.717) is 11.7 Å². The molecular weight excluding hydrogens is 212 g/mol. The molecule has 1 aliphatic heterocycles. The molecule has 1 unspecified atom stereocenters. The third kappa shape index (κ3) is 1.69. The summed E-state index contributed by atoms with van der Waals surface area (Å²) in [5.74, 6) is 1.23. The van der Waals surface area contributed by atoms with Gasteiger partial charge in [-0.05, 0) is 25.3 Å². The molecule has 0 aromatic carbocycles. The quantitative estimate of drug-likeness (QED) is 0.759. The lowest BCUT2D eigenvalue weighted by Crippen LogP contribution is -2.14. The van der Waals surface area contributed by atoms with E-state index in [4.69, 9.17) is 0 Å². The average molecular weight is 226 g/mol. The van der Waals surface area contributed by atoms with Crippen LogP contribution in [0.3, 0.4) is 0 Å². The van der Waals surface area contributed by atoms with Gasteiger partial charge in [-0.15, -0.1) is 0 Å². The Morgan fingerprint density at radius 2 is 2.13 bits per heavy atom. The van der Waals surface area contributed by atoms with Crippen molar-refractivity contribution in [2.45, 2.75) is 31.2 Å². The Bertz CT molecular complexity index is 473. The largest absolute Gasteiger partial charge is 0.265 e. The minimum atomic E-state index is -2.80. The minimum Gasteiger partial charge on any atom is -0.265 e. The Labute approximate surface area is 89.2 Å². The number of hydrogen-bond donors (Lipinski definition) is 0. The summed E-state index contributed by atoms with van der Waals surface area (Å²) in [4.78, 5) is 0. The van der Waals surface area contributed by atoms with Crippen molar-refractivity contribution in [2.75, 3.05) is 11.5 Å². The summed E-state index contributed by atoms with van der Waals surface area (Å²) < 4.78 is 24.7. The number of hydrogen-bond acceptors (Lipinski definition) is 3. The molecular formula is C10H14N2O2S. The zero-order valence-electron chi connectivity index (χ0n) is 8.46. The number of nitrogens with zero attached hydrogens (tertiary/aromatic N) is 2. The highest BCUT2D eigenvalue weighted by Gasteiger charge is 2.34. The molecule has 15 heavy (non-hydrogen) atoms. The second-order valence-corrected chi connectivity index (χ2v) is 6.76. The first-order valence-corrected chi connectivity index (χ1v) is 7.22. The van der Waals surface area contributed by atoms with Gasteiger partial charge in [-0.1, -0.05) is 0 Å². The van der Waals surface area contributed by atoms with E-state index in [0.717, 1.165) is 6.42 Å². The van der Waals surface area contributed by atoms with Crippen LogP contribution in [0.2, 0.25) is 0 Å². The highest BCUT2D eigenvalue weighted by molar-refractivity contribution is 7.91. The maximum Gasteiger partial charge on any atom is 0.152 e. The highest BCUT2D eigenvalue weighted by Crippen LogP contribution is 2.41. The predicted octanol–water partition coefficient (Wildman–Crippen LogP) is 1.12. The van der Waals surface area contributed by atoms with Crippen molar-refractivity contribution in [3.05, 3.63) is 18.0 Å². The van der Waals surface area contributed by atoms with Crippen LogP contribution in [0, 0.1) is 0 Å². The van der Waals surface area contributed by atoms with Crippen LogP contribution in [0.1, 0.15) is 36.9 Å². The van der Waals surface area contributed by atoms with Gasteiger partial charge in [0.1, 0.15) is 0 Å². The van der Waals surface area contributed by atoms with Gasteiger partial charge in [0.15, 0.2) is 9.84 Å². The molecule has 4 nitrogen and oxygen atoms in total. The summed E-state index contributed by atoms with van der Waals surface area (Å²) in [6.45, 7) is 0. The van der Waals surface area contributed by atoms with Crippen LogP contribution < -0.4 is 0 Å². The van der Waals surface area contributed by atoms with Gasteiger partial charge in [-0.25, -0.2) is 8.42 Å². The van der Waals surface area contributed by atoms with Gasteiger partial charge < -0.3 is 0 Å². The van der Waals surface area contributed by atoms with Crippen molar-refractivity contribution in [3.8, 4) is 0 Å². The predicted molar refractivity (Wildman–Crippen MR) is 56.5 cm³/mol. The molecule has 1 atom stereocenters. The smallest absolute Gasteiger partial charge is 0.152 e. The van der Waals surface area contributed by atoms with E-state index in [1.54, 1.807) is 6.20 Å². The van der Waals surface area contributed by atoms with E-state index in [2.05, 4.69) is 5.10 Å². The number of sulfone groups is 1. The molecule has 0 bridgehead atoms. The van der Waals surface area contributed by atoms with Gasteiger partial charge in [0.25, 0.3) is 0 Å². The van der Waals surface area contributed by atoms with Crippen molar-refractivity contribution in [3.63, 3.8) is 0 Å². The maximum absolute atomic E-state index is 11.4. The standard InChI is InChI=1S/C10H14N2O2S/c13-15(14)6-4-9(7-15)12-10(3-5-11-12)8-1-2-8/h3,5,8-9H,1-2,4,6-7H2. The lowest BCUT2D eigenvalue weighted by molar-refractivity contribution is 0.480. The molecule has 2 heterocycles. The summed E-state index contributed by atoms with van der Waals surface area (Å²) in [6.07, 6.45) is 4.97. The van der Waals surface area contributed by atoms with Gasteiger partial charge in [0.05, 0.1) is 17.5 Å². The van der Waals surface area contributed by atoms with Gasteiger partial charge in [0.2, 0.25) is 0 Å². The second-order valence-electron chi connectivity index (χ2n) is 4.53. The molecule has 0 radical (unpaired) electrons. The number of rotatable bonds is 2. The Morgan fingerprint density at radius 3 is 2.73 bits per heavy atom. The first kappa shape index (κ1) is 9.39. The molecule has 0 amide bonds. The van der Waals surface area contributed by atoms with E-state index in [9.17, 15) is 8.42 Å². The zero-order chi connectivity index (χ0) is 10.5. The Balaban J connectivity index is 1.90. The molecule has 3 rings (SSSR count). The molecule has 2 aliphatic rings. The van der Waals surface area contributed by atoms with Gasteiger partial charge >= 0.3 is 0 Å². The second kappa shape index (κ2) is 3.07. The summed E-state index contributed by atoms with van der Waals surface area (Å²) in [7, 11) is -2.80. The fraction of sp³-hybridized carbons (Fsp3) is 0.700. The topological polar surface area (TPSA) is 52.0 Å². The van der Waals surface area contributed by atoms with Gasteiger partial charge in [0, 0.05) is 17.8 Å². The van der Waals surface area contributed by atoms with Crippen LogP contribution in [0.5, 0.6) is 0 Å². The molecule has 0 N–H and O–H groups in total. The van der Waals surface area contributed by atoms with Crippen molar-refractivity contribution < 1.29 is 8.42 Å². The van der Waals surface area contributed by atoms with Crippen LogP contribution >= 0.6 is 0 Å². The van der Waals surface area contributed by atoms with Crippen molar-refractivity contribution in [2.24, 2.45) is 0 Å². The zero-order valence-corrected chi connectivity index (χ0v) is 9.28. The fourth-order valence-corrected chi connectivity index (χ4v) is 3.99. The monoisotopic (exact) mass is 226 g/mol. The van der Waals surface area contributed by atoms with E-state index >= 15 is 0 Å². The lowest BCUT2D eigenvalue weighted by Gasteiger charge is -2.12. The van der Waals surface area contributed by atoms with Crippen molar-refractivity contribution >= 4 is 9.84 Å². The van der Waals surface area contributed by atoms with E-state index in [1.807, 2.05) is 10.7 Å². The highest BCUT2D eigenvalue weighted by atomic mass is 32.2. The Hall–Kier alpha value is -0.840. The third-order valence-electron chi connectivity index (χ3n) is 3.25. The summed E-state index contributed by atoms with van der Waals surface area (Å²) in [5, 5.41) is 4.28. The minimum absolute atomic E-state index is 0.0839. The van der Waals surface area contributed by atoms with Crippen LogP contribution in [-0.2, 0) is 9.84 Å². The first-order valence-electron chi connectivity index (χ1n) is 5.39. The molecule has 0 spiro atoms. The first-order chi connectivity index (χ1) is 7.16. The lowest BCUT2D eigenvalue weighted by atomic mass is 10.2. The van der Waals surface area contributed by atoms with Crippen LogP contribution in [0.15, 0.2) is 12.3 Å². The third-order valence-corrected chi connectivity index (χ3v) is 5.00. The normalized spacial score (nSPS) is 29.5. The van der Waals surface area contributed by atoms with E-state index < -0.39 is 9.84 Å². The summed E-state index contributed by atoms with van der Waals surface area (Å²) in [5.41, 5.74) is 1.23. The van der Waals surface area contributed by atoms with Gasteiger partial charge in [-0.2, -0.15) is 5.10 Å². The van der Waals surface area contributed by atoms with E-state index in [-0.39, 0.29) is 11.8 Å². The number of aromatic nitrogens is 2. The van der Waals surface area contributed by atoms with Crippen molar-refractivity contribution in [1.29, 1.82) is 0 Å². The summed E-state index contributed by atoms with van der Waals surface area (Å²) >= 11 is 0. The SMILES string of the molecule is O=S1(=O)CCC(n2nccc2C2CC2)C1. The molecule has 1 aromatic heterocycles. The van der Waals surface area contributed by atoms with Crippen LogP contribution in [0.25, 0.3) is 0 Å².